The molecular formula is C15H20N2O. The van der Waals surface area contributed by atoms with Crippen LogP contribution >= 0.6 is 0 Å². The number of nitrogens with zero attached hydrogens (tertiary/aromatic N) is 1. The maximum absolute atomic E-state index is 5.38. The van der Waals surface area contributed by atoms with Crippen molar-refractivity contribution in [1.82, 2.24) is 10.3 Å². The molecule has 2 rings (SSSR count). The van der Waals surface area contributed by atoms with Gasteiger partial charge >= 0.3 is 0 Å². The van der Waals surface area contributed by atoms with Gasteiger partial charge < -0.3 is 10.1 Å². The molecule has 0 fully saturated rings. The van der Waals surface area contributed by atoms with Gasteiger partial charge in [0, 0.05) is 30.8 Å². The first-order valence-corrected chi connectivity index (χ1v) is 6.44. The van der Waals surface area contributed by atoms with E-state index in [4.69, 9.17) is 4.74 Å². The van der Waals surface area contributed by atoms with E-state index in [-0.39, 0.29) is 0 Å². The molecule has 2 aromatic rings. The summed E-state index contributed by atoms with van der Waals surface area (Å²) in [5.74, 6) is 0. The van der Waals surface area contributed by atoms with Gasteiger partial charge in [-0.3, -0.25) is 4.98 Å². The van der Waals surface area contributed by atoms with Gasteiger partial charge in [-0.15, -0.1) is 0 Å². The molecule has 0 spiro atoms. The fourth-order valence-corrected chi connectivity index (χ4v) is 1.88. The maximum atomic E-state index is 5.38. The number of benzene rings is 1. The second-order valence-corrected chi connectivity index (χ2v) is 4.47. The lowest BCUT2D eigenvalue weighted by molar-refractivity contribution is 0.127. The molecule has 1 atom stereocenters. The van der Waals surface area contributed by atoms with Crippen LogP contribution in [0.4, 0.5) is 0 Å². The number of aromatic nitrogens is 1. The van der Waals surface area contributed by atoms with Crippen LogP contribution in [0, 0.1) is 0 Å². The predicted octanol–water partition coefficient (Wildman–Crippen LogP) is 2.75. The summed E-state index contributed by atoms with van der Waals surface area (Å²) in [6.45, 7) is 6.54. The molecule has 0 aliphatic rings. The topological polar surface area (TPSA) is 34.1 Å². The highest BCUT2D eigenvalue weighted by Gasteiger charge is 2.02. The third-order valence-corrected chi connectivity index (χ3v) is 2.89. The van der Waals surface area contributed by atoms with Crippen LogP contribution in [-0.4, -0.2) is 24.2 Å². The van der Waals surface area contributed by atoms with Crippen LogP contribution in [0.3, 0.4) is 0 Å². The molecule has 0 radical (unpaired) electrons. The van der Waals surface area contributed by atoms with Crippen molar-refractivity contribution >= 4 is 10.9 Å². The number of pyridine rings is 1. The molecule has 1 heterocycles. The summed E-state index contributed by atoms with van der Waals surface area (Å²) >= 11 is 0. The van der Waals surface area contributed by atoms with Crippen molar-refractivity contribution in [3.8, 4) is 0 Å². The molecule has 1 aromatic carbocycles. The number of rotatable bonds is 6. The number of ether oxygens (including phenoxy) is 1. The normalized spacial score (nSPS) is 12.8. The molecule has 1 N–H and O–H groups in total. The van der Waals surface area contributed by atoms with Gasteiger partial charge in [0.25, 0.3) is 0 Å². The van der Waals surface area contributed by atoms with Crippen LogP contribution in [0.25, 0.3) is 10.9 Å². The molecule has 18 heavy (non-hydrogen) atoms. The van der Waals surface area contributed by atoms with Crippen molar-refractivity contribution in [2.75, 3.05) is 13.2 Å². The fourth-order valence-electron chi connectivity index (χ4n) is 1.88. The number of fused-ring (bicyclic) bond motifs is 1. The minimum Gasteiger partial charge on any atom is -0.380 e. The Morgan fingerprint density at radius 1 is 1.33 bits per heavy atom. The van der Waals surface area contributed by atoms with Gasteiger partial charge in [-0.1, -0.05) is 12.1 Å². The second-order valence-electron chi connectivity index (χ2n) is 4.47. The molecule has 3 nitrogen and oxygen atoms in total. The van der Waals surface area contributed by atoms with Crippen LogP contribution in [0.15, 0.2) is 36.5 Å². The van der Waals surface area contributed by atoms with Gasteiger partial charge in [0.1, 0.15) is 0 Å². The molecule has 0 aliphatic heterocycles. The standard InChI is InChI=1S/C15H20N2O/c1-3-18-11-12(2)17-10-13-6-7-15-14(9-13)5-4-8-16-15/h4-9,12,17H,3,10-11H2,1-2H3. The van der Waals surface area contributed by atoms with E-state index in [0.717, 1.165) is 25.3 Å². The minimum atomic E-state index is 0.370. The number of hydrogen-bond donors (Lipinski definition) is 1. The fraction of sp³-hybridized carbons (Fsp3) is 0.400. The SMILES string of the molecule is CCOCC(C)NCc1ccc2ncccc2c1. The van der Waals surface area contributed by atoms with Gasteiger partial charge in [0.2, 0.25) is 0 Å². The molecule has 0 amide bonds. The van der Waals surface area contributed by atoms with Crippen molar-refractivity contribution in [2.24, 2.45) is 0 Å². The van der Waals surface area contributed by atoms with Gasteiger partial charge in [-0.25, -0.2) is 0 Å². The Balaban J connectivity index is 1.95. The van der Waals surface area contributed by atoms with Gasteiger partial charge in [-0.05, 0) is 37.6 Å². The van der Waals surface area contributed by atoms with E-state index in [1.54, 1.807) is 0 Å². The largest absolute Gasteiger partial charge is 0.380 e. The highest BCUT2D eigenvalue weighted by molar-refractivity contribution is 5.78. The van der Waals surface area contributed by atoms with Gasteiger partial charge in [-0.2, -0.15) is 0 Å². The Morgan fingerprint density at radius 2 is 2.22 bits per heavy atom. The molecular weight excluding hydrogens is 224 g/mol. The number of hydrogen-bond acceptors (Lipinski definition) is 3. The maximum Gasteiger partial charge on any atom is 0.0702 e. The molecule has 3 heteroatoms. The highest BCUT2D eigenvalue weighted by atomic mass is 16.5. The van der Waals surface area contributed by atoms with Crippen LogP contribution in [0.5, 0.6) is 0 Å². The Labute approximate surface area is 108 Å². The lowest BCUT2D eigenvalue weighted by Crippen LogP contribution is -2.30. The van der Waals surface area contributed by atoms with E-state index in [1.807, 2.05) is 19.2 Å². The lowest BCUT2D eigenvalue weighted by atomic mass is 10.1. The Hall–Kier alpha value is -1.45. The van der Waals surface area contributed by atoms with E-state index >= 15 is 0 Å². The molecule has 0 aliphatic carbocycles. The predicted molar refractivity (Wildman–Crippen MR) is 74.5 cm³/mol. The first-order chi connectivity index (χ1) is 8.79. The summed E-state index contributed by atoms with van der Waals surface area (Å²) < 4.78 is 5.38. The Morgan fingerprint density at radius 3 is 3.06 bits per heavy atom. The summed E-state index contributed by atoms with van der Waals surface area (Å²) in [7, 11) is 0. The number of nitrogens with one attached hydrogen (secondary N) is 1. The summed E-state index contributed by atoms with van der Waals surface area (Å²) in [6.07, 6.45) is 1.82. The van der Waals surface area contributed by atoms with E-state index in [9.17, 15) is 0 Å². The Kier molecular flexibility index (Phi) is 4.67. The van der Waals surface area contributed by atoms with Crippen LogP contribution in [-0.2, 0) is 11.3 Å². The highest BCUT2D eigenvalue weighted by Crippen LogP contribution is 2.13. The second kappa shape index (κ2) is 6.47. The zero-order valence-corrected chi connectivity index (χ0v) is 11.0. The van der Waals surface area contributed by atoms with E-state index in [1.165, 1.54) is 10.9 Å². The van der Waals surface area contributed by atoms with Gasteiger partial charge in [0.15, 0.2) is 0 Å². The molecule has 0 saturated carbocycles. The van der Waals surface area contributed by atoms with E-state index in [2.05, 4.69) is 41.5 Å². The van der Waals surface area contributed by atoms with Gasteiger partial charge in [0.05, 0.1) is 12.1 Å². The minimum absolute atomic E-state index is 0.370. The molecule has 1 aromatic heterocycles. The average Bonchev–Trinajstić information content (AvgIpc) is 2.42. The average molecular weight is 244 g/mol. The molecule has 0 bridgehead atoms. The monoisotopic (exact) mass is 244 g/mol. The lowest BCUT2D eigenvalue weighted by Gasteiger charge is -2.13. The van der Waals surface area contributed by atoms with E-state index in [0.29, 0.717) is 6.04 Å². The molecule has 1 unspecified atom stereocenters. The van der Waals surface area contributed by atoms with Crippen molar-refractivity contribution in [3.05, 3.63) is 42.1 Å². The zero-order chi connectivity index (χ0) is 12.8. The van der Waals surface area contributed by atoms with Crippen molar-refractivity contribution in [2.45, 2.75) is 26.4 Å². The van der Waals surface area contributed by atoms with Crippen molar-refractivity contribution in [1.29, 1.82) is 0 Å². The molecule has 0 saturated heterocycles. The van der Waals surface area contributed by atoms with Crippen molar-refractivity contribution < 1.29 is 4.74 Å². The van der Waals surface area contributed by atoms with E-state index < -0.39 is 0 Å². The third-order valence-electron chi connectivity index (χ3n) is 2.89. The third kappa shape index (κ3) is 3.52. The van der Waals surface area contributed by atoms with Crippen LogP contribution in [0.2, 0.25) is 0 Å². The summed E-state index contributed by atoms with van der Waals surface area (Å²) in [4.78, 5) is 4.32. The quantitative estimate of drug-likeness (QED) is 0.848. The summed E-state index contributed by atoms with van der Waals surface area (Å²) in [6, 6.07) is 10.8. The zero-order valence-electron chi connectivity index (χ0n) is 11.0. The summed E-state index contributed by atoms with van der Waals surface area (Å²) in [5, 5.41) is 4.64. The smallest absolute Gasteiger partial charge is 0.0702 e. The first kappa shape index (κ1) is 13.0. The van der Waals surface area contributed by atoms with Crippen LogP contribution < -0.4 is 5.32 Å². The summed E-state index contributed by atoms with van der Waals surface area (Å²) in [5.41, 5.74) is 2.32. The van der Waals surface area contributed by atoms with Crippen LogP contribution in [0.1, 0.15) is 19.4 Å². The Bertz CT molecular complexity index is 499. The molecule has 96 valence electrons. The first-order valence-electron chi connectivity index (χ1n) is 6.44. The van der Waals surface area contributed by atoms with Crippen molar-refractivity contribution in [3.63, 3.8) is 0 Å².